The Labute approximate surface area is 128 Å². The molecule has 1 N–H and O–H groups in total. The van der Waals surface area contributed by atoms with Gasteiger partial charge in [0, 0.05) is 30.6 Å². The molecule has 0 aromatic carbocycles. The molecule has 0 aliphatic carbocycles. The zero-order valence-corrected chi connectivity index (χ0v) is 12.4. The second-order valence-electron chi connectivity index (χ2n) is 5.44. The zero-order valence-electron chi connectivity index (χ0n) is 12.4. The standard InChI is InChI=1S/C16H18N4O2/c1-11-18-13(12-5-4-7-17-10-12)9-15(19-11)20-8-3-2-6-14(20)16(21)22/h4-5,7,9-10,14H,2-3,6,8H2,1H3,(H,21,22). The Balaban J connectivity index is 2.00. The summed E-state index contributed by atoms with van der Waals surface area (Å²) < 4.78 is 0. The number of pyridine rings is 1. The number of nitrogens with zero attached hydrogens (tertiary/aromatic N) is 4. The molecule has 1 saturated heterocycles. The van der Waals surface area contributed by atoms with Crippen LogP contribution in [0.2, 0.25) is 0 Å². The van der Waals surface area contributed by atoms with Gasteiger partial charge >= 0.3 is 5.97 Å². The smallest absolute Gasteiger partial charge is 0.326 e. The van der Waals surface area contributed by atoms with Crippen LogP contribution in [0.25, 0.3) is 11.3 Å². The van der Waals surface area contributed by atoms with E-state index in [1.165, 1.54) is 0 Å². The third kappa shape index (κ3) is 2.90. The zero-order chi connectivity index (χ0) is 15.5. The van der Waals surface area contributed by atoms with Crippen LogP contribution in [0.1, 0.15) is 25.1 Å². The van der Waals surface area contributed by atoms with E-state index in [2.05, 4.69) is 15.0 Å². The average molecular weight is 298 g/mol. The van der Waals surface area contributed by atoms with E-state index in [1.54, 1.807) is 12.4 Å². The number of aryl methyl sites for hydroxylation is 1. The summed E-state index contributed by atoms with van der Waals surface area (Å²) >= 11 is 0. The van der Waals surface area contributed by atoms with Crippen LogP contribution in [0.4, 0.5) is 5.82 Å². The van der Waals surface area contributed by atoms with Gasteiger partial charge in [-0.2, -0.15) is 0 Å². The summed E-state index contributed by atoms with van der Waals surface area (Å²) in [6.07, 6.45) is 6.03. The molecule has 114 valence electrons. The van der Waals surface area contributed by atoms with Crippen molar-refractivity contribution in [1.82, 2.24) is 15.0 Å². The predicted octanol–water partition coefficient (Wildman–Crippen LogP) is 2.29. The molecule has 1 atom stereocenters. The van der Waals surface area contributed by atoms with Crippen LogP contribution in [0, 0.1) is 6.92 Å². The van der Waals surface area contributed by atoms with Gasteiger partial charge in [0.15, 0.2) is 0 Å². The minimum absolute atomic E-state index is 0.509. The molecule has 0 radical (unpaired) electrons. The van der Waals surface area contributed by atoms with Crippen molar-refractivity contribution in [2.75, 3.05) is 11.4 Å². The highest BCUT2D eigenvalue weighted by Gasteiger charge is 2.29. The number of anilines is 1. The van der Waals surface area contributed by atoms with Crippen molar-refractivity contribution in [1.29, 1.82) is 0 Å². The molecule has 0 saturated carbocycles. The van der Waals surface area contributed by atoms with Crippen LogP contribution in [-0.4, -0.2) is 38.6 Å². The van der Waals surface area contributed by atoms with Crippen molar-refractivity contribution in [3.05, 3.63) is 36.4 Å². The van der Waals surface area contributed by atoms with E-state index in [9.17, 15) is 9.90 Å². The highest BCUT2D eigenvalue weighted by Crippen LogP contribution is 2.26. The fourth-order valence-electron chi connectivity index (χ4n) is 2.82. The van der Waals surface area contributed by atoms with Crippen molar-refractivity contribution >= 4 is 11.8 Å². The van der Waals surface area contributed by atoms with E-state index in [0.29, 0.717) is 24.6 Å². The number of aromatic nitrogens is 3. The number of carbonyl (C=O) groups is 1. The second-order valence-corrected chi connectivity index (χ2v) is 5.44. The first-order valence-electron chi connectivity index (χ1n) is 7.40. The van der Waals surface area contributed by atoms with Gasteiger partial charge in [-0.25, -0.2) is 14.8 Å². The van der Waals surface area contributed by atoms with Crippen molar-refractivity contribution in [3.8, 4) is 11.3 Å². The highest BCUT2D eigenvalue weighted by molar-refractivity contribution is 5.78. The maximum Gasteiger partial charge on any atom is 0.326 e. The molecule has 0 spiro atoms. The number of carboxylic acids is 1. The normalized spacial score (nSPS) is 18.2. The van der Waals surface area contributed by atoms with E-state index in [4.69, 9.17) is 0 Å². The van der Waals surface area contributed by atoms with Gasteiger partial charge in [0.1, 0.15) is 17.7 Å². The van der Waals surface area contributed by atoms with Crippen LogP contribution in [0.5, 0.6) is 0 Å². The fraction of sp³-hybridized carbons (Fsp3) is 0.375. The minimum Gasteiger partial charge on any atom is -0.480 e. The van der Waals surface area contributed by atoms with E-state index in [-0.39, 0.29) is 0 Å². The second kappa shape index (κ2) is 6.09. The van der Waals surface area contributed by atoms with Crippen molar-refractivity contribution in [3.63, 3.8) is 0 Å². The topological polar surface area (TPSA) is 79.2 Å². The van der Waals surface area contributed by atoms with Gasteiger partial charge in [0.25, 0.3) is 0 Å². The van der Waals surface area contributed by atoms with E-state index in [1.807, 2.05) is 30.0 Å². The molecule has 3 heterocycles. The Bertz CT molecular complexity index is 675. The minimum atomic E-state index is -0.793. The number of hydrogen-bond donors (Lipinski definition) is 1. The number of aliphatic carboxylic acids is 1. The van der Waals surface area contributed by atoms with Gasteiger partial charge in [-0.15, -0.1) is 0 Å². The lowest BCUT2D eigenvalue weighted by atomic mass is 10.0. The first-order chi connectivity index (χ1) is 10.6. The molecule has 1 aliphatic heterocycles. The first-order valence-corrected chi connectivity index (χ1v) is 7.40. The molecule has 6 nitrogen and oxygen atoms in total. The molecule has 2 aromatic heterocycles. The van der Waals surface area contributed by atoms with Crippen LogP contribution in [0.15, 0.2) is 30.6 Å². The summed E-state index contributed by atoms with van der Waals surface area (Å²) in [6, 6.07) is 5.13. The van der Waals surface area contributed by atoms with Crippen molar-refractivity contribution < 1.29 is 9.90 Å². The summed E-state index contributed by atoms with van der Waals surface area (Å²) in [6.45, 7) is 2.53. The van der Waals surface area contributed by atoms with Crippen LogP contribution in [0.3, 0.4) is 0 Å². The first kappa shape index (κ1) is 14.4. The molecule has 6 heteroatoms. The third-order valence-corrected chi connectivity index (χ3v) is 3.86. The van der Waals surface area contributed by atoms with Crippen LogP contribution >= 0.6 is 0 Å². The van der Waals surface area contributed by atoms with Crippen LogP contribution in [-0.2, 0) is 4.79 Å². The number of carboxylic acid groups (broad SMARTS) is 1. The van der Waals surface area contributed by atoms with Gasteiger partial charge < -0.3 is 10.0 Å². The maximum absolute atomic E-state index is 11.5. The molecular weight excluding hydrogens is 280 g/mol. The molecule has 0 amide bonds. The Morgan fingerprint density at radius 1 is 1.36 bits per heavy atom. The summed E-state index contributed by atoms with van der Waals surface area (Å²) in [4.78, 5) is 26.4. The van der Waals surface area contributed by atoms with Gasteiger partial charge in [0.2, 0.25) is 0 Å². The third-order valence-electron chi connectivity index (χ3n) is 3.86. The van der Waals surface area contributed by atoms with E-state index in [0.717, 1.165) is 24.1 Å². The Morgan fingerprint density at radius 3 is 2.95 bits per heavy atom. The monoisotopic (exact) mass is 298 g/mol. The molecule has 1 aliphatic rings. The number of rotatable bonds is 3. The lowest BCUT2D eigenvalue weighted by Crippen LogP contribution is -2.45. The molecule has 3 rings (SSSR count). The van der Waals surface area contributed by atoms with Crippen molar-refractivity contribution in [2.24, 2.45) is 0 Å². The van der Waals surface area contributed by atoms with E-state index < -0.39 is 12.0 Å². The quantitative estimate of drug-likeness (QED) is 0.936. The van der Waals surface area contributed by atoms with Gasteiger partial charge in [-0.05, 0) is 38.3 Å². The fourth-order valence-corrected chi connectivity index (χ4v) is 2.82. The largest absolute Gasteiger partial charge is 0.480 e. The number of piperidine rings is 1. The average Bonchev–Trinajstić information content (AvgIpc) is 2.55. The Kier molecular flexibility index (Phi) is 4.00. The summed E-state index contributed by atoms with van der Waals surface area (Å²) in [5.41, 5.74) is 1.67. The Hall–Kier alpha value is -2.50. The number of hydrogen-bond acceptors (Lipinski definition) is 5. The van der Waals surface area contributed by atoms with Gasteiger partial charge in [0.05, 0.1) is 5.69 Å². The predicted molar refractivity (Wildman–Crippen MR) is 82.6 cm³/mol. The van der Waals surface area contributed by atoms with Gasteiger partial charge in [-0.3, -0.25) is 4.98 Å². The van der Waals surface area contributed by atoms with E-state index >= 15 is 0 Å². The van der Waals surface area contributed by atoms with Gasteiger partial charge in [-0.1, -0.05) is 0 Å². The maximum atomic E-state index is 11.5. The molecule has 2 aromatic rings. The molecule has 1 fully saturated rings. The summed E-state index contributed by atoms with van der Waals surface area (Å²) in [5.74, 6) is 0.517. The molecule has 0 bridgehead atoms. The lowest BCUT2D eigenvalue weighted by Gasteiger charge is -2.34. The summed E-state index contributed by atoms with van der Waals surface area (Å²) in [5, 5.41) is 9.43. The van der Waals surface area contributed by atoms with Crippen LogP contribution < -0.4 is 4.90 Å². The molecule has 1 unspecified atom stereocenters. The summed E-state index contributed by atoms with van der Waals surface area (Å²) in [7, 11) is 0. The lowest BCUT2D eigenvalue weighted by molar-refractivity contribution is -0.139. The highest BCUT2D eigenvalue weighted by atomic mass is 16.4. The SMILES string of the molecule is Cc1nc(-c2cccnc2)cc(N2CCCCC2C(=O)O)n1. The molecular formula is C16H18N4O2. The van der Waals surface area contributed by atoms with Crippen molar-refractivity contribution in [2.45, 2.75) is 32.2 Å². The Morgan fingerprint density at radius 2 is 2.23 bits per heavy atom. The molecule has 22 heavy (non-hydrogen) atoms.